The van der Waals surface area contributed by atoms with E-state index < -0.39 is 12.1 Å². The second-order valence-corrected chi connectivity index (χ2v) is 8.91. The number of phenols is 2. The number of aromatic hydroxyl groups is 2. The predicted octanol–water partition coefficient (Wildman–Crippen LogP) is 4.67. The molecule has 0 unspecified atom stereocenters. The third-order valence-electron chi connectivity index (χ3n) is 6.91. The number of hydrogen-bond donors (Lipinski definition) is 2. The standard InChI is InChI=1S/C28H28O8/c1-14(29)36-28-20(16-10-23(33-3)27(31)24(11-16)34-4)13-35-22-12-21(32-2)25-18-8-6-17(30)9-15(18)5-7-19(25)26(22)28/h6,8-12,20,28,30-31H,5,7,13H2,1-4H3/t20-,28+/m0/s1. The first-order valence-electron chi connectivity index (χ1n) is 11.7. The van der Waals surface area contributed by atoms with Gasteiger partial charge in [-0.1, -0.05) is 6.07 Å². The Kier molecular flexibility index (Phi) is 6.04. The van der Waals surface area contributed by atoms with E-state index in [1.807, 2.05) is 12.1 Å². The molecule has 8 nitrogen and oxygen atoms in total. The second-order valence-electron chi connectivity index (χ2n) is 8.91. The molecular weight excluding hydrogens is 464 g/mol. The molecule has 0 saturated heterocycles. The van der Waals surface area contributed by atoms with Crippen molar-refractivity contribution in [1.29, 1.82) is 0 Å². The van der Waals surface area contributed by atoms with Crippen LogP contribution in [0, 0.1) is 0 Å². The van der Waals surface area contributed by atoms with Crippen LogP contribution in [0.2, 0.25) is 0 Å². The highest BCUT2D eigenvalue weighted by atomic mass is 16.6. The van der Waals surface area contributed by atoms with E-state index in [0.717, 1.165) is 33.4 Å². The van der Waals surface area contributed by atoms with E-state index in [4.69, 9.17) is 23.7 Å². The van der Waals surface area contributed by atoms with E-state index >= 15 is 0 Å². The molecule has 8 heteroatoms. The molecule has 0 amide bonds. The van der Waals surface area contributed by atoms with Crippen molar-refractivity contribution < 1.29 is 38.7 Å². The molecule has 36 heavy (non-hydrogen) atoms. The topological polar surface area (TPSA) is 104 Å². The number of phenolic OH excluding ortho intramolecular Hbond substituents is 2. The summed E-state index contributed by atoms with van der Waals surface area (Å²) in [6, 6.07) is 10.6. The first kappa shape index (κ1) is 23.7. The summed E-state index contributed by atoms with van der Waals surface area (Å²) in [5.41, 5.74) is 5.40. The number of hydrogen-bond acceptors (Lipinski definition) is 8. The molecule has 188 valence electrons. The lowest BCUT2D eigenvalue weighted by atomic mass is 9.77. The average Bonchev–Trinajstić information content (AvgIpc) is 2.87. The fourth-order valence-electron chi connectivity index (χ4n) is 5.33. The smallest absolute Gasteiger partial charge is 0.303 e. The number of rotatable bonds is 5. The molecule has 1 heterocycles. The summed E-state index contributed by atoms with van der Waals surface area (Å²) >= 11 is 0. The van der Waals surface area contributed by atoms with Gasteiger partial charge >= 0.3 is 5.97 Å². The first-order chi connectivity index (χ1) is 17.4. The minimum atomic E-state index is -0.650. The molecule has 2 aliphatic rings. The lowest BCUT2D eigenvalue weighted by molar-refractivity contribution is -0.149. The molecule has 2 atom stereocenters. The van der Waals surface area contributed by atoms with Crippen LogP contribution in [0.4, 0.5) is 0 Å². The van der Waals surface area contributed by atoms with E-state index in [1.54, 1.807) is 31.4 Å². The Hall–Kier alpha value is -4.07. The first-order valence-corrected chi connectivity index (χ1v) is 11.7. The van der Waals surface area contributed by atoms with Gasteiger partial charge in [-0.3, -0.25) is 4.79 Å². The summed E-state index contributed by atoms with van der Waals surface area (Å²) < 4.78 is 28.7. The fourth-order valence-corrected chi connectivity index (χ4v) is 5.33. The molecule has 0 bridgehead atoms. The van der Waals surface area contributed by atoms with Crippen molar-refractivity contribution in [3.05, 3.63) is 58.7 Å². The van der Waals surface area contributed by atoms with Crippen molar-refractivity contribution in [3.63, 3.8) is 0 Å². The van der Waals surface area contributed by atoms with Gasteiger partial charge in [0.1, 0.15) is 23.4 Å². The molecule has 1 aliphatic carbocycles. The Morgan fingerprint density at radius 3 is 2.28 bits per heavy atom. The van der Waals surface area contributed by atoms with E-state index in [0.29, 0.717) is 24.3 Å². The van der Waals surface area contributed by atoms with Crippen LogP contribution in [-0.4, -0.2) is 44.1 Å². The van der Waals surface area contributed by atoms with Gasteiger partial charge in [-0.15, -0.1) is 0 Å². The lowest BCUT2D eigenvalue weighted by Gasteiger charge is -2.37. The highest BCUT2D eigenvalue weighted by Crippen LogP contribution is 2.53. The van der Waals surface area contributed by atoms with Crippen LogP contribution in [-0.2, 0) is 22.4 Å². The number of fused-ring (bicyclic) bond motifs is 5. The summed E-state index contributed by atoms with van der Waals surface area (Å²) in [5.74, 6) is 1.07. The van der Waals surface area contributed by atoms with Gasteiger partial charge in [-0.05, 0) is 59.4 Å². The third kappa shape index (κ3) is 3.82. The molecule has 0 saturated carbocycles. The zero-order valence-corrected chi connectivity index (χ0v) is 20.6. The van der Waals surface area contributed by atoms with Crippen LogP contribution in [0.15, 0.2) is 36.4 Å². The molecule has 5 rings (SSSR count). The van der Waals surface area contributed by atoms with Gasteiger partial charge in [0.05, 0.1) is 33.9 Å². The van der Waals surface area contributed by atoms with Crippen LogP contribution in [0.25, 0.3) is 11.1 Å². The molecular formula is C28H28O8. The monoisotopic (exact) mass is 492 g/mol. The Bertz CT molecular complexity index is 1320. The van der Waals surface area contributed by atoms with Crippen LogP contribution in [0.5, 0.6) is 34.5 Å². The number of aryl methyl sites for hydroxylation is 1. The zero-order valence-electron chi connectivity index (χ0n) is 20.6. The third-order valence-corrected chi connectivity index (χ3v) is 6.91. The van der Waals surface area contributed by atoms with Gasteiger partial charge < -0.3 is 33.9 Å². The number of ether oxygens (including phenoxy) is 5. The van der Waals surface area contributed by atoms with Crippen molar-refractivity contribution in [1.82, 2.24) is 0 Å². The molecule has 0 spiro atoms. The summed E-state index contributed by atoms with van der Waals surface area (Å²) in [6.07, 6.45) is 0.708. The van der Waals surface area contributed by atoms with Gasteiger partial charge in [0.25, 0.3) is 0 Å². The number of benzene rings is 3. The summed E-state index contributed by atoms with van der Waals surface area (Å²) in [5, 5.41) is 20.4. The molecule has 0 fully saturated rings. The second kappa shape index (κ2) is 9.18. The van der Waals surface area contributed by atoms with Crippen LogP contribution in [0.1, 0.15) is 41.2 Å². The SMILES string of the molecule is COc1cc([C@@H]2COc3cc(OC)c4c(c3[C@@H]2OC(C)=O)CCc2cc(O)ccc2-4)cc(OC)c1O. The van der Waals surface area contributed by atoms with E-state index in [9.17, 15) is 15.0 Å². The van der Waals surface area contributed by atoms with Crippen molar-refractivity contribution in [2.45, 2.75) is 31.8 Å². The molecule has 3 aromatic carbocycles. The number of esters is 1. The van der Waals surface area contributed by atoms with Crippen LogP contribution >= 0.6 is 0 Å². The quantitative estimate of drug-likeness (QED) is 0.496. The molecule has 1 aliphatic heterocycles. The van der Waals surface area contributed by atoms with E-state index in [-0.39, 0.29) is 35.5 Å². The van der Waals surface area contributed by atoms with Crippen LogP contribution < -0.4 is 18.9 Å². The molecule has 3 aromatic rings. The van der Waals surface area contributed by atoms with Crippen molar-refractivity contribution >= 4 is 5.97 Å². The number of carbonyl (C=O) groups excluding carboxylic acids is 1. The minimum Gasteiger partial charge on any atom is -0.508 e. The molecule has 2 N–H and O–H groups in total. The normalized spacial score (nSPS) is 17.7. The van der Waals surface area contributed by atoms with E-state index in [2.05, 4.69) is 0 Å². The largest absolute Gasteiger partial charge is 0.508 e. The van der Waals surface area contributed by atoms with Crippen molar-refractivity contribution in [2.75, 3.05) is 27.9 Å². The van der Waals surface area contributed by atoms with Gasteiger partial charge in [0.2, 0.25) is 5.75 Å². The lowest BCUT2D eigenvalue weighted by Crippen LogP contribution is -2.29. The maximum atomic E-state index is 12.3. The van der Waals surface area contributed by atoms with Gasteiger partial charge in [-0.2, -0.15) is 0 Å². The average molecular weight is 493 g/mol. The maximum Gasteiger partial charge on any atom is 0.303 e. The zero-order chi connectivity index (χ0) is 25.6. The number of carbonyl (C=O) groups is 1. The minimum absolute atomic E-state index is 0.105. The Morgan fingerprint density at radius 2 is 1.64 bits per heavy atom. The molecule has 0 radical (unpaired) electrons. The predicted molar refractivity (Wildman–Crippen MR) is 131 cm³/mol. The summed E-state index contributed by atoms with van der Waals surface area (Å²) in [7, 11) is 4.54. The number of methoxy groups -OCH3 is 3. The van der Waals surface area contributed by atoms with Crippen molar-refractivity contribution in [2.24, 2.45) is 0 Å². The van der Waals surface area contributed by atoms with E-state index in [1.165, 1.54) is 21.1 Å². The van der Waals surface area contributed by atoms with Gasteiger partial charge in [0, 0.05) is 24.1 Å². The molecule has 0 aromatic heterocycles. The van der Waals surface area contributed by atoms with Gasteiger partial charge in [-0.25, -0.2) is 0 Å². The highest BCUT2D eigenvalue weighted by molar-refractivity contribution is 5.82. The Morgan fingerprint density at radius 1 is 0.944 bits per heavy atom. The Balaban J connectivity index is 1.72. The van der Waals surface area contributed by atoms with Crippen LogP contribution in [0.3, 0.4) is 0 Å². The van der Waals surface area contributed by atoms with Gasteiger partial charge in [0.15, 0.2) is 11.5 Å². The maximum absolute atomic E-state index is 12.3. The fraction of sp³-hybridized carbons (Fsp3) is 0.321. The summed E-state index contributed by atoms with van der Waals surface area (Å²) in [6.45, 7) is 1.62. The Labute approximate surface area is 209 Å². The highest BCUT2D eigenvalue weighted by Gasteiger charge is 2.40. The van der Waals surface area contributed by atoms with Crippen molar-refractivity contribution in [3.8, 4) is 45.6 Å². The summed E-state index contributed by atoms with van der Waals surface area (Å²) in [4.78, 5) is 12.3.